The number of carboxylic acid groups (broad SMARTS) is 1. The van der Waals surface area contributed by atoms with E-state index in [-0.39, 0.29) is 23.5 Å². The van der Waals surface area contributed by atoms with E-state index in [0.717, 1.165) is 6.26 Å². The second kappa shape index (κ2) is 6.53. The molecule has 0 unspecified atom stereocenters. The lowest BCUT2D eigenvalue weighted by Crippen LogP contribution is -2.27. The molecule has 1 aromatic rings. The summed E-state index contributed by atoms with van der Waals surface area (Å²) in [6, 6.07) is 3.99. The maximum Gasteiger partial charge on any atom is 0.311 e. The zero-order chi connectivity index (χ0) is 16.2. The summed E-state index contributed by atoms with van der Waals surface area (Å²) < 4.78 is 23.3. The Bertz CT molecular complexity index is 656. The second-order valence-corrected chi connectivity index (χ2v) is 6.36. The molecule has 1 rings (SSSR count). The van der Waals surface area contributed by atoms with Crippen molar-refractivity contribution in [2.45, 2.75) is 18.2 Å². The highest BCUT2D eigenvalue weighted by Gasteiger charge is 2.28. The molecule has 9 heteroatoms. The van der Waals surface area contributed by atoms with Crippen LogP contribution in [0.3, 0.4) is 0 Å². The number of nitro groups is 1. The van der Waals surface area contributed by atoms with Gasteiger partial charge in [-0.3, -0.25) is 14.9 Å². The maximum absolute atomic E-state index is 11.7. The minimum atomic E-state index is -3.76. The Balaban J connectivity index is 3.41. The van der Waals surface area contributed by atoms with Gasteiger partial charge >= 0.3 is 11.7 Å². The van der Waals surface area contributed by atoms with E-state index < -0.39 is 26.4 Å². The molecule has 0 radical (unpaired) electrons. The fourth-order valence-electron chi connectivity index (χ4n) is 1.93. The van der Waals surface area contributed by atoms with Crippen LogP contribution < -0.4 is 4.90 Å². The fourth-order valence-corrected chi connectivity index (χ4v) is 2.78. The third kappa shape index (κ3) is 4.15. The van der Waals surface area contributed by atoms with Gasteiger partial charge in [0.25, 0.3) is 0 Å². The third-order valence-corrected chi connectivity index (χ3v) is 4.01. The van der Waals surface area contributed by atoms with Gasteiger partial charge in [0.1, 0.15) is 10.6 Å². The van der Waals surface area contributed by atoms with Crippen LogP contribution in [0.4, 0.5) is 11.4 Å². The predicted molar refractivity (Wildman–Crippen MR) is 76.3 cm³/mol. The number of para-hydroxylation sites is 1. The molecule has 0 saturated heterocycles. The number of sulfone groups is 1. The number of hydrogen-bond donors (Lipinski definition) is 1. The minimum absolute atomic E-state index is 0.0554. The molecule has 0 saturated carbocycles. The van der Waals surface area contributed by atoms with Crippen LogP contribution in [0.25, 0.3) is 0 Å². The molecule has 0 heterocycles. The Morgan fingerprint density at radius 1 is 1.43 bits per heavy atom. The van der Waals surface area contributed by atoms with Gasteiger partial charge in [0.2, 0.25) is 0 Å². The lowest BCUT2D eigenvalue weighted by molar-refractivity contribution is -0.387. The van der Waals surface area contributed by atoms with Crippen LogP contribution in [0.5, 0.6) is 0 Å². The number of carboxylic acids is 1. The number of nitro benzene ring substituents is 1. The van der Waals surface area contributed by atoms with Gasteiger partial charge in [-0.15, -0.1) is 0 Å². The third-order valence-electron chi connectivity index (χ3n) is 2.88. The van der Waals surface area contributed by atoms with Crippen molar-refractivity contribution in [1.82, 2.24) is 0 Å². The van der Waals surface area contributed by atoms with E-state index in [0.29, 0.717) is 6.54 Å². The first kappa shape index (κ1) is 16.9. The highest BCUT2D eigenvalue weighted by Crippen LogP contribution is 2.34. The van der Waals surface area contributed by atoms with Gasteiger partial charge in [-0.2, -0.15) is 0 Å². The van der Waals surface area contributed by atoms with E-state index in [2.05, 4.69) is 0 Å². The quantitative estimate of drug-likeness (QED) is 0.595. The molecule has 116 valence electrons. The van der Waals surface area contributed by atoms with Gasteiger partial charge in [-0.05, 0) is 19.1 Å². The number of anilines is 1. The largest absolute Gasteiger partial charge is 0.481 e. The van der Waals surface area contributed by atoms with Crippen LogP contribution in [0.2, 0.25) is 0 Å². The van der Waals surface area contributed by atoms with Crippen molar-refractivity contribution in [3.8, 4) is 0 Å². The molecule has 0 aliphatic rings. The van der Waals surface area contributed by atoms with Crippen molar-refractivity contribution in [3.05, 3.63) is 28.3 Å². The molecule has 8 nitrogen and oxygen atoms in total. The summed E-state index contributed by atoms with van der Waals surface area (Å²) in [4.78, 5) is 22.2. The summed E-state index contributed by atoms with van der Waals surface area (Å²) in [6.45, 7) is 2.08. The summed E-state index contributed by atoms with van der Waals surface area (Å²) in [5, 5.41) is 20.0. The van der Waals surface area contributed by atoms with Crippen LogP contribution in [0, 0.1) is 10.1 Å². The van der Waals surface area contributed by atoms with Gasteiger partial charge < -0.3 is 10.0 Å². The second-order valence-electron chi connectivity index (χ2n) is 4.38. The van der Waals surface area contributed by atoms with E-state index >= 15 is 0 Å². The Morgan fingerprint density at radius 3 is 2.48 bits per heavy atom. The van der Waals surface area contributed by atoms with E-state index in [4.69, 9.17) is 5.11 Å². The molecule has 0 aliphatic carbocycles. The van der Waals surface area contributed by atoms with E-state index in [9.17, 15) is 23.3 Å². The summed E-state index contributed by atoms with van der Waals surface area (Å²) >= 11 is 0. The van der Waals surface area contributed by atoms with Gasteiger partial charge in [0.15, 0.2) is 9.84 Å². The van der Waals surface area contributed by atoms with Crippen molar-refractivity contribution < 1.29 is 23.2 Å². The Kier molecular flexibility index (Phi) is 5.25. The molecular formula is C12H16N2O6S. The molecule has 0 fully saturated rings. The van der Waals surface area contributed by atoms with Gasteiger partial charge in [0, 0.05) is 19.3 Å². The number of carbonyl (C=O) groups is 1. The lowest BCUT2D eigenvalue weighted by atomic mass is 10.2. The van der Waals surface area contributed by atoms with Crippen LogP contribution >= 0.6 is 0 Å². The lowest BCUT2D eigenvalue weighted by Gasteiger charge is -2.22. The first-order valence-corrected chi connectivity index (χ1v) is 8.01. The SMILES string of the molecule is CCN(CCC(=O)O)c1cccc(S(C)(=O)=O)c1[N+](=O)[O-]. The number of rotatable bonds is 7. The monoisotopic (exact) mass is 316 g/mol. The van der Waals surface area contributed by atoms with Crippen molar-refractivity contribution in [1.29, 1.82) is 0 Å². The van der Waals surface area contributed by atoms with Crippen LogP contribution in [0.1, 0.15) is 13.3 Å². The Labute approximate surface area is 122 Å². The van der Waals surface area contributed by atoms with Gasteiger partial charge in [-0.1, -0.05) is 6.07 Å². The number of aliphatic carboxylic acids is 1. The molecule has 0 aromatic heterocycles. The molecular weight excluding hydrogens is 300 g/mol. The van der Waals surface area contributed by atoms with Crippen molar-refractivity contribution >= 4 is 27.2 Å². The van der Waals surface area contributed by atoms with Crippen molar-refractivity contribution in [2.24, 2.45) is 0 Å². The topological polar surface area (TPSA) is 118 Å². The smallest absolute Gasteiger partial charge is 0.311 e. The average molecular weight is 316 g/mol. The standard InChI is InChI=1S/C12H16N2O6S/c1-3-13(8-7-11(15)16)9-5-4-6-10(21(2,19)20)12(9)14(17)18/h4-6H,3,7-8H2,1-2H3,(H,15,16). The maximum atomic E-state index is 11.7. The minimum Gasteiger partial charge on any atom is -0.481 e. The molecule has 0 spiro atoms. The molecule has 1 N–H and O–H groups in total. The van der Waals surface area contributed by atoms with E-state index in [1.807, 2.05) is 0 Å². The molecule has 0 atom stereocenters. The number of nitrogens with zero attached hydrogens (tertiary/aromatic N) is 2. The van der Waals surface area contributed by atoms with Crippen LogP contribution in [0.15, 0.2) is 23.1 Å². The number of hydrogen-bond acceptors (Lipinski definition) is 6. The Hall–Kier alpha value is -2.16. The zero-order valence-corrected chi connectivity index (χ0v) is 12.5. The van der Waals surface area contributed by atoms with Gasteiger partial charge in [0.05, 0.1) is 11.3 Å². The number of benzene rings is 1. The first-order chi connectivity index (χ1) is 9.68. The fraction of sp³-hybridized carbons (Fsp3) is 0.417. The zero-order valence-electron chi connectivity index (χ0n) is 11.6. The highest BCUT2D eigenvalue weighted by atomic mass is 32.2. The molecule has 0 amide bonds. The normalized spacial score (nSPS) is 11.1. The Morgan fingerprint density at radius 2 is 2.05 bits per heavy atom. The predicted octanol–water partition coefficient (Wildman–Crippen LogP) is 1.30. The van der Waals surface area contributed by atoms with E-state index in [1.165, 1.54) is 23.1 Å². The summed E-state index contributed by atoms with van der Waals surface area (Å²) in [5.41, 5.74) is -0.418. The van der Waals surface area contributed by atoms with Crippen LogP contribution in [-0.2, 0) is 14.6 Å². The molecule has 0 aliphatic heterocycles. The first-order valence-electron chi connectivity index (χ1n) is 6.12. The van der Waals surface area contributed by atoms with Crippen molar-refractivity contribution in [3.63, 3.8) is 0 Å². The van der Waals surface area contributed by atoms with E-state index in [1.54, 1.807) is 6.92 Å². The summed E-state index contributed by atoms with van der Waals surface area (Å²) in [5.74, 6) is -1.03. The summed E-state index contributed by atoms with van der Waals surface area (Å²) in [6.07, 6.45) is 0.695. The highest BCUT2D eigenvalue weighted by molar-refractivity contribution is 7.90. The molecule has 1 aromatic carbocycles. The average Bonchev–Trinajstić information content (AvgIpc) is 2.37. The molecule has 21 heavy (non-hydrogen) atoms. The van der Waals surface area contributed by atoms with Crippen molar-refractivity contribution in [2.75, 3.05) is 24.2 Å². The molecule has 0 bridgehead atoms. The summed E-state index contributed by atoms with van der Waals surface area (Å²) in [7, 11) is -3.76. The van der Waals surface area contributed by atoms with Crippen LogP contribution in [-0.4, -0.2) is 43.8 Å². The van der Waals surface area contributed by atoms with Gasteiger partial charge in [-0.25, -0.2) is 8.42 Å².